The van der Waals surface area contributed by atoms with E-state index in [9.17, 15) is 14.9 Å². The fourth-order valence-corrected chi connectivity index (χ4v) is 6.29. The molecule has 1 saturated carbocycles. The Morgan fingerprint density at radius 3 is 2.52 bits per heavy atom. The molecule has 9 heteroatoms. The normalized spacial score (nSPS) is 18.6. The molecule has 7 rings (SSSR count). The Balaban J connectivity index is 1.26. The quantitative estimate of drug-likeness (QED) is 0.429. The van der Waals surface area contributed by atoms with E-state index in [4.69, 9.17) is 10.7 Å². The van der Waals surface area contributed by atoms with Crippen molar-refractivity contribution in [3.05, 3.63) is 84.2 Å². The van der Waals surface area contributed by atoms with Crippen LogP contribution in [-0.2, 0) is 21.5 Å². The number of rotatable bonds is 4. The number of nitrogens with zero attached hydrogens (tertiary/aromatic N) is 6. The predicted octanol–water partition coefficient (Wildman–Crippen LogP) is 3.46. The minimum Gasteiger partial charge on any atom is -0.341 e. The van der Waals surface area contributed by atoms with Gasteiger partial charge in [-0.05, 0) is 54.8 Å². The Bertz CT molecular complexity index is 1710. The van der Waals surface area contributed by atoms with Crippen LogP contribution in [0.15, 0.2) is 67.3 Å². The summed E-state index contributed by atoms with van der Waals surface area (Å²) in [6, 6.07) is 15.6. The van der Waals surface area contributed by atoms with Crippen molar-refractivity contribution in [1.82, 2.24) is 19.9 Å². The number of carbonyl (C=O) groups excluding carboxylic acids is 2. The Kier molecular flexibility index (Phi) is 5.44. The number of nitrogens with two attached hydrogens (primary N) is 1. The zero-order valence-corrected chi connectivity index (χ0v) is 21.9. The van der Waals surface area contributed by atoms with Crippen molar-refractivity contribution >= 4 is 28.3 Å². The standard InChI is InChI=1S/C31H27N7O2/c32-15-22-6-5-21(17-35-22)27-23-4-2-1-3-20(23)16-36-25(27)19-38-26-18-34-12-7-24(26)30(28(38)39)10-13-37(14-11-30)29(40)31(33)8-9-31/h1-7,12,16-18H,8-11,13-14,19,33H2. The molecule has 1 spiro atoms. The van der Waals surface area contributed by atoms with Gasteiger partial charge in [-0.3, -0.25) is 19.6 Å². The highest BCUT2D eigenvalue weighted by Crippen LogP contribution is 2.49. The number of likely N-dealkylation sites (tertiary alicyclic amines) is 1. The van der Waals surface area contributed by atoms with E-state index < -0.39 is 11.0 Å². The lowest BCUT2D eigenvalue weighted by Gasteiger charge is -2.39. The summed E-state index contributed by atoms with van der Waals surface area (Å²) in [6.07, 6.45) is 9.53. The first-order valence-corrected chi connectivity index (χ1v) is 13.5. The van der Waals surface area contributed by atoms with E-state index in [0.29, 0.717) is 31.6 Å². The van der Waals surface area contributed by atoms with E-state index in [2.05, 4.69) is 16.0 Å². The van der Waals surface area contributed by atoms with Crippen LogP contribution in [-0.4, -0.2) is 50.3 Å². The first-order valence-electron chi connectivity index (χ1n) is 13.5. The lowest BCUT2D eigenvalue weighted by Crippen LogP contribution is -2.54. The monoisotopic (exact) mass is 529 g/mol. The third kappa shape index (κ3) is 3.67. The topological polar surface area (TPSA) is 129 Å². The molecule has 40 heavy (non-hydrogen) atoms. The summed E-state index contributed by atoms with van der Waals surface area (Å²) in [5.74, 6) is 0.0102. The van der Waals surface area contributed by atoms with E-state index in [1.165, 1.54) is 0 Å². The summed E-state index contributed by atoms with van der Waals surface area (Å²) in [5.41, 5.74) is 9.28. The maximum atomic E-state index is 14.3. The molecule has 0 atom stereocenters. The summed E-state index contributed by atoms with van der Waals surface area (Å²) in [7, 11) is 0. The molecule has 3 aromatic heterocycles. The lowest BCUT2D eigenvalue weighted by molar-refractivity contribution is -0.137. The maximum absolute atomic E-state index is 14.3. The van der Waals surface area contributed by atoms with Crippen LogP contribution in [0.1, 0.15) is 42.6 Å². The van der Waals surface area contributed by atoms with Crippen molar-refractivity contribution in [3.63, 3.8) is 0 Å². The van der Waals surface area contributed by atoms with Crippen LogP contribution in [0, 0.1) is 11.3 Å². The Morgan fingerprint density at radius 2 is 1.80 bits per heavy atom. The van der Waals surface area contributed by atoms with Gasteiger partial charge in [0.05, 0.1) is 35.1 Å². The fourth-order valence-electron chi connectivity index (χ4n) is 6.29. The van der Waals surface area contributed by atoms with Crippen LogP contribution in [0.5, 0.6) is 0 Å². The molecule has 0 radical (unpaired) electrons. The minimum absolute atomic E-state index is 0.000588. The molecule has 0 unspecified atom stereocenters. The van der Waals surface area contributed by atoms with Gasteiger partial charge < -0.3 is 15.5 Å². The fraction of sp³-hybridized carbons (Fsp3) is 0.290. The molecule has 5 heterocycles. The molecular weight excluding hydrogens is 502 g/mol. The zero-order chi connectivity index (χ0) is 27.5. The second-order valence-electron chi connectivity index (χ2n) is 11.0. The molecule has 4 aromatic rings. The number of pyridine rings is 3. The van der Waals surface area contributed by atoms with Crippen LogP contribution in [0.2, 0.25) is 0 Å². The van der Waals surface area contributed by atoms with Crippen molar-refractivity contribution < 1.29 is 9.59 Å². The highest BCUT2D eigenvalue weighted by Gasteiger charge is 2.55. The van der Waals surface area contributed by atoms with Crippen molar-refractivity contribution in [2.75, 3.05) is 18.0 Å². The molecule has 9 nitrogen and oxygen atoms in total. The van der Waals surface area contributed by atoms with Crippen LogP contribution in [0.4, 0.5) is 5.69 Å². The average Bonchev–Trinajstić information content (AvgIpc) is 3.73. The molecular formula is C31H27N7O2. The molecule has 1 aliphatic carbocycles. The Labute approximate surface area is 231 Å². The second-order valence-corrected chi connectivity index (χ2v) is 11.0. The smallest absolute Gasteiger partial charge is 0.242 e. The molecule has 2 aliphatic heterocycles. The summed E-state index contributed by atoms with van der Waals surface area (Å²) in [5, 5.41) is 11.2. The second kappa shape index (κ2) is 8.93. The molecule has 2 amide bonds. The number of carbonyl (C=O) groups is 2. The van der Waals surface area contributed by atoms with Crippen molar-refractivity contribution in [2.45, 2.75) is 43.2 Å². The first-order chi connectivity index (χ1) is 19.4. The van der Waals surface area contributed by atoms with Crippen LogP contribution in [0.25, 0.3) is 21.9 Å². The van der Waals surface area contributed by atoms with E-state index >= 15 is 0 Å². The largest absolute Gasteiger partial charge is 0.341 e. The predicted molar refractivity (Wildman–Crippen MR) is 149 cm³/mol. The van der Waals surface area contributed by atoms with Crippen molar-refractivity contribution in [3.8, 4) is 17.2 Å². The number of amides is 2. The summed E-state index contributed by atoms with van der Waals surface area (Å²) in [4.78, 5) is 44.3. The number of hydrogen-bond donors (Lipinski definition) is 1. The van der Waals surface area contributed by atoms with Gasteiger partial charge in [-0.1, -0.05) is 24.3 Å². The van der Waals surface area contributed by atoms with Gasteiger partial charge in [0.25, 0.3) is 0 Å². The Hall–Kier alpha value is -4.68. The van der Waals surface area contributed by atoms with E-state index in [-0.39, 0.29) is 18.4 Å². The molecule has 3 aliphatic rings. The van der Waals surface area contributed by atoms with Gasteiger partial charge in [-0.25, -0.2) is 4.98 Å². The number of fused-ring (bicyclic) bond motifs is 3. The molecule has 0 bridgehead atoms. The molecule has 2 fully saturated rings. The van der Waals surface area contributed by atoms with Gasteiger partial charge in [-0.2, -0.15) is 5.26 Å². The van der Waals surface area contributed by atoms with Gasteiger partial charge in [-0.15, -0.1) is 0 Å². The summed E-state index contributed by atoms with van der Waals surface area (Å²) in [6.45, 7) is 1.25. The third-order valence-corrected chi connectivity index (χ3v) is 8.73. The number of nitriles is 1. The number of benzene rings is 1. The minimum atomic E-state index is -0.715. The lowest BCUT2D eigenvalue weighted by atomic mass is 9.74. The van der Waals surface area contributed by atoms with Gasteiger partial charge in [0.15, 0.2) is 0 Å². The third-order valence-electron chi connectivity index (χ3n) is 8.73. The van der Waals surface area contributed by atoms with Crippen molar-refractivity contribution in [1.29, 1.82) is 5.26 Å². The van der Waals surface area contributed by atoms with Crippen LogP contribution >= 0.6 is 0 Å². The summed E-state index contributed by atoms with van der Waals surface area (Å²) < 4.78 is 0. The van der Waals surface area contributed by atoms with E-state index in [0.717, 1.165) is 51.7 Å². The number of hydrogen-bond acceptors (Lipinski definition) is 7. The van der Waals surface area contributed by atoms with Crippen molar-refractivity contribution in [2.24, 2.45) is 5.73 Å². The molecule has 1 saturated heterocycles. The highest BCUT2D eigenvalue weighted by molar-refractivity contribution is 6.08. The van der Waals surface area contributed by atoms with E-state index in [1.807, 2.05) is 47.5 Å². The summed E-state index contributed by atoms with van der Waals surface area (Å²) >= 11 is 0. The number of aromatic nitrogens is 3. The maximum Gasteiger partial charge on any atom is 0.242 e. The number of piperidine rings is 1. The molecule has 198 valence electrons. The van der Waals surface area contributed by atoms with E-state index in [1.54, 1.807) is 29.6 Å². The SMILES string of the molecule is N#Cc1ccc(-c2c(CN3C(=O)C4(CCN(C(=O)C5(N)CC5)CC4)c4ccncc43)ncc3ccccc23)cn1. The van der Waals surface area contributed by atoms with Gasteiger partial charge in [0.1, 0.15) is 11.8 Å². The van der Waals surface area contributed by atoms with Gasteiger partial charge >= 0.3 is 0 Å². The zero-order valence-electron chi connectivity index (χ0n) is 21.9. The molecule has 2 N–H and O–H groups in total. The Morgan fingerprint density at radius 1 is 1.00 bits per heavy atom. The average molecular weight is 530 g/mol. The number of anilines is 1. The molecule has 1 aromatic carbocycles. The van der Waals surface area contributed by atoms with Crippen LogP contribution < -0.4 is 10.6 Å². The van der Waals surface area contributed by atoms with Gasteiger partial charge in [0, 0.05) is 48.2 Å². The van der Waals surface area contributed by atoms with Gasteiger partial charge in [0.2, 0.25) is 11.8 Å². The first kappa shape index (κ1) is 24.4. The van der Waals surface area contributed by atoms with Crippen LogP contribution in [0.3, 0.4) is 0 Å². The highest BCUT2D eigenvalue weighted by atomic mass is 16.2.